The number of sulfonamides is 1. The van der Waals surface area contributed by atoms with E-state index in [-0.39, 0.29) is 10.8 Å². The molecule has 1 aromatic heterocycles. The van der Waals surface area contributed by atoms with Crippen LogP contribution >= 0.6 is 11.3 Å². The molecule has 3 rings (SSSR count). The number of piperazine rings is 1. The zero-order valence-corrected chi connectivity index (χ0v) is 19.1. The zero-order valence-electron chi connectivity index (χ0n) is 17.4. The third-order valence-electron chi connectivity index (χ3n) is 5.87. The normalized spacial score (nSPS) is 20.0. The Balaban J connectivity index is 1.43. The maximum atomic E-state index is 12.9. The number of hydrogen-bond donors (Lipinski definition) is 1. The number of nitrogens with zero attached hydrogens (tertiary/aromatic N) is 3. The van der Waals surface area contributed by atoms with Gasteiger partial charge < -0.3 is 15.1 Å². The molecule has 0 atom stereocenters. The van der Waals surface area contributed by atoms with Gasteiger partial charge in [0.05, 0.1) is 0 Å². The van der Waals surface area contributed by atoms with Crippen molar-refractivity contribution >= 4 is 27.3 Å². The van der Waals surface area contributed by atoms with E-state index in [0.29, 0.717) is 24.5 Å². The molecule has 9 heteroatoms. The summed E-state index contributed by atoms with van der Waals surface area (Å²) in [6.07, 6.45) is 4.78. The number of likely N-dealkylation sites (N-methyl/N-ethyl adjacent to an activating group) is 1. The molecule has 2 aliphatic heterocycles. The van der Waals surface area contributed by atoms with Gasteiger partial charge in [-0.3, -0.25) is 4.79 Å². The van der Waals surface area contributed by atoms with E-state index in [9.17, 15) is 13.2 Å². The molecule has 7 nitrogen and oxygen atoms in total. The molecule has 0 bridgehead atoms. The molecule has 1 N–H and O–H groups in total. The minimum atomic E-state index is -3.58. The lowest BCUT2D eigenvalue weighted by Crippen LogP contribution is -2.46. The van der Waals surface area contributed by atoms with E-state index in [1.165, 1.54) is 15.6 Å². The van der Waals surface area contributed by atoms with Crippen molar-refractivity contribution in [3.05, 3.63) is 16.3 Å². The van der Waals surface area contributed by atoms with E-state index in [4.69, 9.17) is 0 Å². The maximum Gasteiger partial charge on any atom is 0.262 e. The van der Waals surface area contributed by atoms with Crippen LogP contribution in [0.4, 0.5) is 0 Å². The first kappa shape index (κ1) is 22.7. The van der Waals surface area contributed by atoms with Gasteiger partial charge >= 0.3 is 0 Å². The highest BCUT2D eigenvalue weighted by Crippen LogP contribution is 2.27. The molecule has 3 heterocycles. The van der Waals surface area contributed by atoms with Gasteiger partial charge in [-0.25, -0.2) is 8.42 Å². The fourth-order valence-electron chi connectivity index (χ4n) is 3.98. The van der Waals surface area contributed by atoms with Crippen molar-refractivity contribution in [2.45, 2.75) is 43.9 Å². The third kappa shape index (κ3) is 6.01. The van der Waals surface area contributed by atoms with Crippen molar-refractivity contribution in [3.63, 3.8) is 0 Å². The number of amides is 1. The number of carbonyl (C=O) groups is 1. The fourth-order valence-corrected chi connectivity index (χ4v) is 6.82. The number of nitrogens with one attached hydrogen (secondary N) is 1. The van der Waals surface area contributed by atoms with E-state index in [1.807, 2.05) is 0 Å². The monoisotopic (exact) mass is 442 g/mol. The van der Waals surface area contributed by atoms with Crippen molar-refractivity contribution in [3.8, 4) is 0 Å². The molecular formula is C20H34N4O3S2. The lowest BCUT2D eigenvalue weighted by Gasteiger charge is -2.33. The Morgan fingerprint density at radius 1 is 1.03 bits per heavy atom. The van der Waals surface area contributed by atoms with E-state index in [2.05, 4.69) is 22.0 Å². The summed E-state index contributed by atoms with van der Waals surface area (Å²) in [7, 11) is -3.58. The average Bonchev–Trinajstić information content (AvgIpc) is 3.25. The Morgan fingerprint density at radius 2 is 1.72 bits per heavy atom. The van der Waals surface area contributed by atoms with Crippen LogP contribution in [0.15, 0.2) is 16.3 Å². The van der Waals surface area contributed by atoms with E-state index in [0.717, 1.165) is 71.4 Å². The maximum absolute atomic E-state index is 12.9. The van der Waals surface area contributed by atoms with Gasteiger partial charge in [0.2, 0.25) is 10.0 Å². The molecule has 2 aliphatic rings. The molecule has 29 heavy (non-hydrogen) atoms. The molecule has 1 aromatic rings. The summed E-state index contributed by atoms with van der Waals surface area (Å²) in [6.45, 7) is 10.6. The van der Waals surface area contributed by atoms with Gasteiger partial charge in [0, 0.05) is 45.8 Å². The quantitative estimate of drug-likeness (QED) is 0.593. The molecule has 0 saturated carbocycles. The first-order valence-corrected chi connectivity index (χ1v) is 13.1. The highest BCUT2D eigenvalue weighted by atomic mass is 32.2. The van der Waals surface area contributed by atoms with Crippen molar-refractivity contribution < 1.29 is 13.2 Å². The fraction of sp³-hybridized carbons (Fsp3) is 0.750. The molecule has 0 radical (unpaired) electrons. The first-order chi connectivity index (χ1) is 14.0. The van der Waals surface area contributed by atoms with E-state index in [1.54, 1.807) is 11.4 Å². The predicted molar refractivity (Wildman–Crippen MR) is 117 cm³/mol. The average molecular weight is 443 g/mol. The van der Waals surface area contributed by atoms with Crippen LogP contribution in [-0.4, -0.2) is 87.3 Å². The molecule has 0 aliphatic carbocycles. The molecule has 2 saturated heterocycles. The minimum Gasteiger partial charge on any atom is -0.351 e. The van der Waals surface area contributed by atoms with Crippen LogP contribution in [0.5, 0.6) is 0 Å². The summed E-state index contributed by atoms with van der Waals surface area (Å²) in [4.78, 5) is 18.0. The third-order valence-corrected chi connectivity index (χ3v) is 8.85. The van der Waals surface area contributed by atoms with Crippen molar-refractivity contribution in [2.75, 3.05) is 58.9 Å². The Hall–Kier alpha value is -1.00. The van der Waals surface area contributed by atoms with Gasteiger partial charge in [-0.15, -0.1) is 11.3 Å². The second-order valence-corrected chi connectivity index (χ2v) is 10.6. The number of rotatable bonds is 9. The molecule has 2 fully saturated rings. The van der Waals surface area contributed by atoms with E-state index >= 15 is 0 Å². The number of thiophene rings is 1. The molecule has 0 aromatic carbocycles. The van der Waals surface area contributed by atoms with Crippen LogP contribution in [0, 0.1) is 0 Å². The largest absolute Gasteiger partial charge is 0.351 e. The molecule has 1 amide bonds. The standard InChI is InChI=1S/C20H34N4O3S2/c1-2-22-13-15-23(16-14-22)10-7-4-9-21-20(25)19-18(8-17-28-19)29(26,27)24-11-5-3-6-12-24/h8,17H,2-7,9-16H2,1H3,(H,21,25). The van der Waals surface area contributed by atoms with Crippen molar-refractivity contribution in [1.82, 2.24) is 19.4 Å². The highest BCUT2D eigenvalue weighted by Gasteiger charge is 2.30. The predicted octanol–water partition coefficient (Wildman–Crippen LogP) is 2.07. The molecular weight excluding hydrogens is 408 g/mol. The first-order valence-electron chi connectivity index (χ1n) is 10.8. The van der Waals surface area contributed by atoms with Crippen LogP contribution < -0.4 is 5.32 Å². The number of unbranched alkanes of at least 4 members (excludes halogenated alkanes) is 1. The van der Waals surface area contributed by atoms with Crippen molar-refractivity contribution in [1.29, 1.82) is 0 Å². The Morgan fingerprint density at radius 3 is 2.41 bits per heavy atom. The SMILES string of the molecule is CCN1CCN(CCCCNC(=O)c2sccc2S(=O)(=O)N2CCCCC2)CC1. The number of hydrogen-bond acceptors (Lipinski definition) is 6. The summed E-state index contributed by atoms with van der Waals surface area (Å²) in [6, 6.07) is 1.57. The van der Waals surface area contributed by atoms with Gasteiger partial charge in [0.1, 0.15) is 9.77 Å². The number of piperidine rings is 1. The van der Waals surface area contributed by atoms with Gasteiger partial charge in [-0.05, 0) is 50.2 Å². The smallest absolute Gasteiger partial charge is 0.262 e. The molecule has 0 spiro atoms. The molecule has 0 unspecified atom stereocenters. The van der Waals surface area contributed by atoms with Crippen LogP contribution in [0.1, 0.15) is 48.7 Å². The van der Waals surface area contributed by atoms with Gasteiger partial charge in [0.25, 0.3) is 5.91 Å². The lowest BCUT2D eigenvalue weighted by molar-refractivity contribution is 0.0952. The summed E-state index contributed by atoms with van der Waals surface area (Å²) in [5.74, 6) is -0.271. The lowest BCUT2D eigenvalue weighted by atomic mass is 10.2. The zero-order chi connectivity index (χ0) is 20.7. The Labute approximate surface area is 179 Å². The van der Waals surface area contributed by atoms with Gasteiger partial charge in [0.15, 0.2) is 0 Å². The summed E-state index contributed by atoms with van der Waals surface area (Å²) in [5.41, 5.74) is 0. The van der Waals surface area contributed by atoms with Crippen LogP contribution in [0.2, 0.25) is 0 Å². The summed E-state index contributed by atoms with van der Waals surface area (Å²) < 4.78 is 27.3. The second kappa shape index (κ2) is 10.9. The minimum absolute atomic E-state index is 0.163. The number of carbonyl (C=O) groups excluding carboxylic acids is 1. The van der Waals surface area contributed by atoms with Crippen LogP contribution in [0.25, 0.3) is 0 Å². The molecule has 164 valence electrons. The van der Waals surface area contributed by atoms with Gasteiger partial charge in [-0.2, -0.15) is 4.31 Å². The van der Waals surface area contributed by atoms with E-state index < -0.39 is 10.0 Å². The van der Waals surface area contributed by atoms with Crippen molar-refractivity contribution in [2.24, 2.45) is 0 Å². The second-order valence-electron chi connectivity index (χ2n) is 7.82. The Kier molecular flexibility index (Phi) is 8.49. The summed E-state index contributed by atoms with van der Waals surface area (Å²) in [5, 5.41) is 4.61. The van der Waals surface area contributed by atoms with Crippen LogP contribution in [0.3, 0.4) is 0 Å². The topological polar surface area (TPSA) is 73.0 Å². The Bertz CT molecular complexity index is 752. The van der Waals surface area contributed by atoms with Gasteiger partial charge in [-0.1, -0.05) is 13.3 Å². The van der Waals surface area contributed by atoms with Crippen LogP contribution in [-0.2, 0) is 10.0 Å². The highest BCUT2D eigenvalue weighted by molar-refractivity contribution is 7.89. The summed E-state index contributed by atoms with van der Waals surface area (Å²) >= 11 is 1.21.